The number of thiophene rings is 1. The van der Waals surface area contributed by atoms with Gasteiger partial charge in [-0.15, -0.1) is 11.3 Å². The number of hydrogen-bond acceptors (Lipinski definition) is 4. The van der Waals surface area contributed by atoms with E-state index in [0.29, 0.717) is 0 Å². The van der Waals surface area contributed by atoms with Crippen LogP contribution in [0.5, 0.6) is 0 Å². The van der Waals surface area contributed by atoms with Crippen molar-refractivity contribution in [2.75, 3.05) is 0 Å². The Morgan fingerprint density at radius 3 is 2.78 bits per heavy atom. The molecule has 1 rings (SSSR count). The Kier molecular flexibility index (Phi) is 5.30. The smallest absolute Gasteiger partial charge is 0.347 e. The van der Waals surface area contributed by atoms with Gasteiger partial charge in [-0.2, -0.15) is 0 Å². The summed E-state index contributed by atoms with van der Waals surface area (Å²) >= 11 is 0.911. The second-order valence-corrected chi connectivity index (χ2v) is 6.68. The van der Waals surface area contributed by atoms with Gasteiger partial charge >= 0.3 is 5.97 Å². The second kappa shape index (κ2) is 6.31. The lowest BCUT2D eigenvalue weighted by Crippen LogP contribution is -2.33. The van der Waals surface area contributed by atoms with Crippen molar-refractivity contribution in [2.45, 2.75) is 44.0 Å². The van der Waals surface area contributed by atoms with Crippen molar-refractivity contribution in [1.82, 2.24) is 4.72 Å². The Labute approximate surface area is 111 Å². The molecular weight excluding hydrogens is 274 g/mol. The van der Waals surface area contributed by atoms with Crippen molar-refractivity contribution in [3.05, 3.63) is 16.3 Å². The van der Waals surface area contributed by atoms with E-state index in [-0.39, 0.29) is 15.8 Å². The summed E-state index contributed by atoms with van der Waals surface area (Å²) in [6.07, 6.45) is 2.66. The molecule has 1 aromatic rings. The third kappa shape index (κ3) is 3.79. The van der Waals surface area contributed by atoms with Gasteiger partial charge < -0.3 is 5.11 Å². The molecule has 0 aliphatic carbocycles. The van der Waals surface area contributed by atoms with Crippen LogP contribution in [0, 0.1) is 0 Å². The van der Waals surface area contributed by atoms with Crippen LogP contribution in [0.25, 0.3) is 0 Å². The van der Waals surface area contributed by atoms with Gasteiger partial charge in [-0.3, -0.25) is 0 Å². The fourth-order valence-electron chi connectivity index (χ4n) is 1.56. The van der Waals surface area contributed by atoms with Crippen LogP contribution in [0.2, 0.25) is 0 Å². The zero-order valence-corrected chi connectivity index (χ0v) is 12.0. The number of unbranched alkanes of at least 4 members (excludes halogenated alkanes) is 1. The monoisotopic (exact) mass is 291 g/mol. The molecular formula is C11H17NO4S2. The summed E-state index contributed by atoms with van der Waals surface area (Å²) in [6.45, 7) is 3.81. The maximum Gasteiger partial charge on any atom is 0.347 e. The lowest BCUT2D eigenvalue weighted by Gasteiger charge is -2.13. The van der Waals surface area contributed by atoms with E-state index in [1.54, 1.807) is 6.92 Å². The van der Waals surface area contributed by atoms with Crippen molar-refractivity contribution in [1.29, 1.82) is 0 Å². The highest BCUT2D eigenvalue weighted by atomic mass is 32.2. The number of carboxylic acids is 1. The van der Waals surface area contributed by atoms with Gasteiger partial charge in [-0.05, 0) is 24.8 Å². The summed E-state index contributed by atoms with van der Waals surface area (Å²) in [5, 5.41) is 10.4. The summed E-state index contributed by atoms with van der Waals surface area (Å²) in [5.41, 5.74) is 0. The fraction of sp³-hybridized carbons (Fsp3) is 0.545. The summed E-state index contributed by atoms with van der Waals surface area (Å²) in [7, 11) is -3.74. The number of carbonyl (C=O) groups is 1. The van der Waals surface area contributed by atoms with Gasteiger partial charge in [0.05, 0.1) is 0 Å². The largest absolute Gasteiger partial charge is 0.477 e. The zero-order chi connectivity index (χ0) is 13.8. The first-order valence-corrected chi connectivity index (χ1v) is 8.08. The molecule has 0 saturated carbocycles. The van der Waals surface area contributed by atoms with E-state index in [0.717, 1.165) is 30.6 Å². The van der Waals surface area contributed by atoms with Crippen molar-refractivity contribution in [3.8, 4) is 0 Å². The normalized spacial score (nSPS) is 13.4. The molecule has 0 aliphatic rings. The van der Waals surface area contributed by atoms with Crippen molar-refractivity contribution in [3.63, 3.8) is 0 Å². The van der Waals surface area contributed by atoms with Crippen LogP contribution in [0.1, 0.15) is 42.8 Å². The average Bonchev–Trinajstić information content (AvgIpc) is 2.75. The van der Waals surface area contributed by atoms with Crippen LogP contribution in [-0.4, -0.2) is 25.5 Å². The number of aromatic carboxylic acids is 1. The van der Waals surface area contributed by atoms with E-state index in [2.05, 4.69) is 4.72 Å². The highest BCUT2D eigenvalue weighted by Crippen LogP contribution is 2.22. The minimum absolute atomic E-state index is 0.148. The van der Waals surface area contributed by atoms with Crippen LogP contribution >= 0.6 is 11.3 Å². The molecule has 2 N–H and O–H groups in total. The third-order valence-corrected chi connectivity index (χ3v) is 5.12. The van der Waals surface area contributed by atoms with Crippen LogP contribution in [0.15, 0.2) is 16.3 Å². The Morgan fingerprint density at radius 1 is 1.56 bits per heavy atom. The summed E-state index contributed by atoms with van der Waals surface area (Å²) in [4.78, 5) is 10.6. The van der Waals surface area contributed by atoms with E-state index < -0.39 is 16.0 Å². The average molecular weight is 291 g/mol. The number of hydrogen-bond donors (Lipinski definition) is 2. The predicted molar refractivity (Wildman–Crippen MR) is 70.6 cm³/mol. The highest BCUT2D eigenvalue weighted by Gasteiger charge is 2.24. The predicted octanol–water partition coefficient (Wildman–Crippen LogP) is 2.30. The molecule has 0 aliphatic heterocycles. The van der Waals surface area contributed by atoms with Gasteiger partial charge in [0.1, 0.15) is 9.77 Å². The fourth-order valence-corrected chi connectivity index (χ4v) is 4.10. The quantitative estimate of drug-likeness (QED) is 0.807. The molecule has 1 unspecified atom stereocenters. The first-order valence-electron chi connectivity index (χ1n) is 5.71. The molecule has 102 valence electrons. The summed E-state index contributed by atoms with van der Waals surface area (Å²) in [5.74, 6) is -1.22. The van der Waals surface area contributed by atoms with Gasteiger partial charge in [-0.1, -0.05) is 19.8 Å². The molecule has 7 heteroatoms. The Bertz CT molecular complexity index is 507. The molecule has 18 heavy (non-hydrogen) atoms. The minimum Gasteiger partial charge on any atom is -0.477 e. The van der Waals surface area contributed by atoms with Gasteiger partial charge in [0.2, 0.25) is 10.0 Å². The standard InChI is InChI=1S/C11H17NO4S2/c1-3-4-5-8(2)12-18(15,16)9-6-7-17-10(9)11(13)14/h6-8,12H,3-5H2,1-2H3,(H,13,14). The number of rotatable bonds is 7. The molecule has 0 spiro atoms. The molecule has 0 saturated heterocycles. The first kappa shape index (κ1) is 15.1. The highest BCUT2D eigenvalue weighted by molar-refractivity contribution is 7.89. The van der Waals surface area contributed by atoms with Crippen LogP contribution in [0.4, 0.5) is 0 Å². The van der Waals surface area contributed by atoms with Gasteiger partial charge in [0.15, 0.2) is 0 Å². The number of sulfonamides is 1. The Balaban J connectivity index is 2.86. The molecule has 0 radical (unpaired) electrons. The van der Waals surface area contributed by atoms with Crippen molar-refractivity contribution < 1.29 is 18.3 Å². The minimum atomic E-state index is -3.74. The van der Waals surface area contributed by atoms with E-state index in [1.807, 2.05) is 6.92 Å². The first-order chi connectivity index (χ1) is 8.38. The number of nitrogens with one attached hydrogen (secondary N) is 1. The lowest BCUT2D eigenvalue weighted by molar-refractivity contribution is 0.0698. The van der Waals surface area contributed by atoms with Crippen molar-refractivity contribution >= 4 is 27.3 Å². The summed E-state index contributed by atoms with van der Waals surface area (Å²) in [6, 6.07) is 1.12. The molecule has 1 atom stereocenters. The van der Waals surface area contributed by atoms with Gasteiger partial charge in [-0.25, -0.2) is 17.9 Å². The third-order valence-electron chi connectivity index (χ3n) is 2.46. The molecule has 1 heterocycles. The van der Waals surface area contributed by atoms with Gasteiger partial charge in [0, 0.05) is 6.04 Å². The molecule has 0 aromatic carbocycles. The van der Waals surface area contributed by atoms with Crippen molar-refractivity contribution in [2.24, 2.45) is 0 Å². The van der Waals surface area contributed by atoms with Gasteiger partial charge in [0.25, 0.3) is 0 Å². The number of carboxylic acid groups (broad SMARTS) is 1. The molecule has 0 bridgehead atoms. The van der Waals surface area contributed by atoms with Crippen LogP contribution in [-0.2, 0) is 10.0 Å². The lowest BCUT2D eigenvalue weighted by atomic mass is 10.2. The van der Waals surface area contributed by atoms with E-state index in [1.165, 1.54) is 11.4 Å². The van der Waals surface area contributed by atoms with E-state index >= 15 is 0 Å². The SMILES string of the molecule is CCCCC(C)NS(=O)(=O)c1ccsc1C(=O)O. The molecule has 0 amide bonds. The Morgan fingerprint density at radius 2 is 2.22 bits per heavy atom. The summed E-state index contributed by atoms with van der Waals surface area (Å²) < 4.78 is 26.6. The maximum absolute atomic E-state index is 12.0. The van der Waals surface area contributed by atoms with Crippen LogP contribution in [0.3, 0.4) is 0 Å². The second-order valence-electron chi connectivity index (χ2n) is 4.08. The van der Waals surface area contributed by atoms with Crippen LogP contribution < -0.4 is 4.72 Å². The van der Waals surface area contributed by atoms with E-state index in [9.17, 15) is 13.2 Å². The topological polar surface area (TPSA) is 83.5 Å². The van der Waals surface area contributed by atoms with E-state index in [4.69, 9.17) is 5.11 Å². The Hall–Kier alpha value is -0.920. The molecule has 5 nitrogen and oxygen atoms in total. The maximum atomic E-state index is 12.0. The molecule has 0 fully saturated rings. The zero-order valence-electron chi connectivity index (χ0n) is 10.3. The molecule has 1 aromatic heterocycles.